The van der Waals surface area contributed by atoms with Gasteiger partial charge in [0, 0.05) is 0 Å². The van der Waals surface area contributed by atoms with Crippen LogP contribution in [0.2, 0.25) is 0 Å². The molecule has 0 aliphatic carbocycles. The van der Waals surface area contributed by atoms with E-state index < -0.39 is 17.9 Å². The van der Waals surface area contributed by atoms with Crippen LogP contribution in [0.5, 0.6) is 5.75 Å². The molecule has 1 aromatic heterocycles. The number of para-hydroxylation sites is 1. The molecule has 140 valence electrons. The summed E-state index contributed by atoms with van der Waals surface area (Å²) in [6, 6.07) is 8.33. The Hall–Kier alpha value is -2.83. The third kappa shape index (κ3) is 4.84. The summed E-state index contributed by atoms with van der Waals surface area (Å²) in [5, 5.41) is 16.1. The molecule has 0 saturated heterocycles. The molecule has 1 amide bonds. The van der Waals surface area contributed by atoms with Crippen molar-refractivity contribution in [2.45, 2.75) is 33.7 Å². The number of rotatable bonds is 8. The molecular weight excluding hydrogens is 334 g/mol. The van der Waals surface area contributed by atoms with E-state index in [0.29, 0.717) is 12.4 Å². The van der Waals surface area contributed by atoms with Gasteiger partial charge in [-0.3, -0.25) is 4.79 Å². The largest absolute Gasteiger partial charge is 0.489 e. The SMILES string of the molecule is CC(C)COc1cn(-c2ccccc2)nc1C(=O)N[C@@H](C(=O)O)C(C)C. The number of carbonyl (C=O) groups is 2. The van der Waals surface area contributed by atoms with E-state index >= 15 is 0 Å². The van der Waals surface area contributed by atoms with E-state index in [1.54, 1.807) is 24.7 Å². The molecule has 0 bridgehead atoms. The van der Waals surface area contributed by atoms with E-state index in [4.69, 9.17) is 4.74 Å². The number of nitrogens with zero attached hydrogens (tertiary/aromatic N) is 2. The van der Waals surface area contributed by atoms with Gasteiger partial charge in [0.2, 0.25) is 0 Å². The average molecular weight is 359 g/mol. The van der Waals surface area contributed by atoms with Crippen LogP contribution in [0.4, 0.5) is 0 Å². The lowest BCUT2D eigenvalue weighted by atomic mass is 10.0. The predicted molar refractivity (Wildman–Crippen MR) is 97.6 cm³/mol. The maximum absolute atomic E-state index is 12.6. The molecule has 1 atom stereocenters. The molecule has 0 saturated carbocycles. The molecule has 7 nitrogen and oxygen atoms in total. The third-order valence-electron chi connectivity index (χ3n) is 3.71. The van der Waals surface area contributed by atoms with Crippen molar-refractivity contribution in [2.75, 3.05) is 6.61 Å². The molecule has 2 rings (SSSR count). The van der Waals surface area contributed by atoms with Crippen LogP contribution >= 0.6 is 0 Å². The van der Waals surface area contributed by atoms with Gasteiger partial charge in [0.25, 0.3) is 5.91 Å². The van der Waals surface area contributed by atoms with E-state index in [-0.39, 0.29) is 17.5 Å². The molecule has 0 aliphatic rings. The van der Waals surface area contributed by atoms with Crippen LogP contribution in [-0.4, -0.2) is 39.4 Å². The van der Waals surface area contributed by atoms with Crippen molar-refractivity contribution in [2.24, 2.45) is 11.8 Å². The number of amides is 1. The summed E-state index contributed by atoms with van der Waals surface area (Å²) in [4.78, 5) is 24.0. The van der Waals surface area contributed by atoms with Crippen LogP contribution in [0.15, 0.2) is 36.5 Å². The number of hydrogen-bond donors (Lipinski definition) is 2. The number of nitrogens with one attached hydrogen (secondary N) is 1. The third-order valence-corrected chi connectivity index (χ3v) is 3.71. The number of aliphatic carboxylic acids is 1. The maximum Gasteiger partial charge on any atom is 0.326 e. The molecule has 1 heterocycles. The van der Waals surface area contributed by atoms with E-state index in [0.717, 1.165) is 5.69 Å². The highest BCUT2D eigenvalue weighted by Crippen LogP contribution is 2.21. The molecule has 2 aromatic rings. The Morgan fingerprint density at radius 3 is 2.38 bits per heavy atom. The first-order chi connectivity index (χ1) is 12.3. The first-order valence-electron chi connectivity index (χ1n) is 8.61. The predicted octanol–water partition coefficient (Wildman–Crippen LogP) is 2.75. The van der Waals surface area contributed by atoms with Gasteiger partial charge in [-0.05, 0) is 24.0 Å². The number of hydrogen-bond acceptors (Lipinski definition) is 4. The standard InChI is InChI=1S/C19H25N3O4/c1-12(2)11-26-15-10-22(14-8-6-5-7-9-14)21-17(15)18(23)20-16(13(3)4)19(24)25/h5-10,12-13,16H,11H2,1-4H3,(H,20,23)(H,24,25)/t16-/m1/s1. The number of aromatic nitrogens is 2. The second-order valence-corrected chi connectivity index (χ2v) is 6.86. The molecule has 0 radical (unpaired) electrons. The van der Waals surface area contributed by atoms with Gasteiger partial charge in [-0.2, -0.15) is 5.10 Å². The maximum atomic E-state index is 12.6. The van der Waals surface area contributed by atoms with Crippen LogP contribution in [0, 0.1) is 11.8 Å². The Bertz CT molecular complexity index is 753. The Kier molecular flexibility index (Phi) is 6.38. The molecule has 26 heavy (non-hydrogen) atoms. The minimum absolute atomic E-state index is 0.0707. The van der Waals surface area contributed by atoms with Crippen LogP contribution in [0.1, 0.15) is 38.2 Å². The van der Waals surface area contributed by atoms with E-state index in [9.17, 15) is 14.7 Å². The lowest BCUT2D eigenvalue weighted by molar-refractivity contribution is -0.140. The molecule has 1 aromatic carbocycles. The van der Waals surface area contributed by atoms with Crippen LogP contribution < -0.4 is 10.1 Å². The first-order valence-corrected chi connectivity index (χ1v) is 8.61. The molecule has 2 N–H and O–H groups in total. The van der Waals surface area contributed by atoms with Gasteiger partial charge in [0.05, 0.1) is 18.5 Å². The second-order valence-electron chi connectivity index (χ2n) is 6.86. The molecule has 0 fully saturated rings. The van der Waals surface area contributed by atoms with Gasteiger partial charge in [-0.1, -0.05) is 45.9 Å². The Balaban J connectivity index is 2.33. The zero-order chi connectivity index (χ0) is 19.3. The summed E-state index contributed by atoms with van der Waals surface area (Å²) in [6.07, 6.45) is 1.64. The highest BCUT2D eigenvalue weighted by atomic mass is 16.5. The van der Waals surface area contributed by atoms with Crippen molar-refractivity contribution >= 4 is 11.9 Å². The fourth-order valence-corrected chi connectivity index (χ4v) is 2.31. The highest BCUT2D eigenvalue weighted by molar-refractivity contribution is 5.97. The van der Waals surface area contributed by atoms with Crippen LogP contribution in [-0.2, 0) is 4.79 Å². The quantitative estimate of drug-likeness (QED) is 0.756. The Labute approximate surface area is 153 Å². The summed E-state index contributed by atoms with van der Waals surface area (Å²) in [5.41, 5.74) is 0.848. The monoisotopic (exact) mass is 359 g/mol. The number of benzene rings is 1. The summed E-state index contributed by atoms with van der Waals surface area (Å²) in [6.45, 7) is 7.89. The number of carboxylic acid groups (broad SMARTS) is 1. The summed E-state index contributed by atoms with van der Waals surface area (Å²) >= 11 is 0. The highest BCUT2D eigenvalue weighted by Gasteiger charge is 2.27. The molecule has 7 heteroatoms. The van der Waals surface area contributed by atoms with Crippen molar-refractivity contribution in [1.29, 1.82) is 0 Å². The normalized spacial score (nSPS) is 12.2. The van der Waals surface area contributed by atoms with Gasteiger partial charge >= 0.3 is 5.97 Å². The number of carbonyl (C=O) groups excluding carboxylic acids is 1. The lowest BCUT2D eigenvalue weighted by Crippen LogP contribution is -2.44. The first kappa shape index (κ1) is 19.5. The summed E-state index contributed by atoms with van der Waals surface area (Å²) in [7, 11) is 0. The van der Waals surface area contributed by atoms with Gasteiger partial charge in [-0.15, -0.1) is 0 Å². The van der Waals surface area contributed by atoms with Crippen molar-refractivity contribution in [3.05, 3.63) is 42.2 Å². The Morgan fingerprint density at radius 1 is 1.19 bits per heavy atom. The minimum Gasteiger partial charge on any atom is -0.489 e. The van der Waals surface area contributed by atoms with Gasteiger partial charge in [-0.25, -0.2) is 9.48 Å². The van der Waals surface area contributed by atoms with Crippen molar-refractivity contribution in [3.63, 3.8) is 0 Å². The van der Waals surface area contributed by atoms with Gasteiger partial charge in [0.1, 0.15) is 6.04 Å². The Morgan fingerprint density at radius 2 is 1.85 bits per heavy atom. The van der Waals surface area contributed by atoms with Gasteiger partial charge < -0.3 is 15.2 Å². The second kappa shape index (κ2) is 8.51. The van der Waals surface area contributed by atoms with E-state index in [1.807, 2.05) is 44.2 Å². The van der Waals surface area contributed by atoms with Gasteiger partial charge in [0.15, 0.2) is 11.4 Å². The minimum atomic E-state index is -1.08. The molecule has 0 spiro atoms. The topological polar surface area (TPSA) is 93.5 Å². The smallest absolute Gasteiger partial charge is 0.326 e. The van der Waals surface area contributed by atoms with E-state index in [2.05, 4.69) is 10.4 Å². The van der Waals surface area contributed by atoms with E-state index in [1.165, 1.54) is 0 Å². The summed E-state index contributed by atoms with van der Waals surface area (Å²) < 4.78 is 7.28. The van der Waals surface area contributed by atoms with Crippen LogP contribution in [0.25, 0.3) is 5.69 Å². The molecule has 0 unspecified atom stereocenters. The number of carboxylic acids is 1. The van der Waals surface area contributed by atoms with Crippen LogP contribution in [0.3, 0.4) is 0 Å². The zero-order valence-electron chi connectivity index (χ0n) is 15.5. The molecule has 0 aliphatic heterocycles. The lowest BCUT2D eigenvalue weighted by Gasteiger charge is -2.17. The zero-order valence-corrected chi connectivity index (χ0v) is 15.5. The fraction of sp³-hybridized carbons (Fsp3) is 0.421. The van der Waals surface area contributed by atoms with Crippen molar-refractivity contribution in [3.8, 4) is 11.4 Å². The number of ether oxygens (including phenoxy) is 1. The fourth-order valence-electron chi connectivity index (χ4n) is 2.31. The summed E-state index contributed by atoms with van der Waals surface area (Å²) in [5.74, 6) is -1.31. The average Bonchev–Trinajstić information content (AvgIpc) is 3.02. The van der Waals surface area contributed by atoms with Crippen molar-refractivity contribution in [1.82, 2.24) is 15.1 Å². The molecular formula is C19H25N3O4. The van der Waals surface area contributed by atoms with Crippen molar-refractivity contribution < 1.29 is 19.4 Å².